The van der Waals surface area contributed by atoms with Crippen LogP contribution in [0, 0.1) is 5.92 Å². The maximum Gasteiger partial charge on any atom is 0.141 e. The average Bonchev–Trinajstić information content (AvgIpc) is 2.65. The SMILES string of the molecule is CCCCC(CC)C(=O)Cc1sccc1Br. The van der Waals surface area contributed by atoms with E-state index < -0.39 is 0 Å². The van der Waals surface area contributed by atoms with Gasteiger partial charge in [0.1, 0.15) is 5.78 Å². The van der Waals surface area contributed by atoms with Crippen LogP contribution in [0.1, 0.15) is 44.4 Å². The fraction of sp³-hybridized carbons (Fsp3) is 0.615. The molecule has 0 aliphatic heterocycles. The maximum absolute atomic E-state index is 12.1. The quantitative estimate of drug-likeness (QED) is 0.704. The van der Waals surface area contributed by atoms with Crippen molar-refractivity contribution in [3.05, 3.63) is 20.8 Å². The minimum atomic E-state index is 0.258. The van der Waals surface area contributed by atoms with Gasteiger partial charge >= 0.3 is 0 Å². The molecule has 1 rings (SSSR count). The largest absolute Gasteiger partial charge is 0.299 e. The fourth-order valence-electron chi connectivity index (χ4n) is 1.80. The third-order valence-electron chi connectivity index (χ3n) is 2.88. The molecular weight excluding hydrogens is 284 g/mol. The van der Waals surface area contributed by atoms with Gasteiger partial charge in [0.25, 0.3) is 0 Å². The van der Waals surface area contributed by atoms with Crippen LogP contribution in [0.25, 0.3) is 0 Å². The molecule has 0 aromatic carbocycles. The normalized spacial score (nSPS) is 12.7. The van der Waals surface area contributed by atoms with Crippen LogP contribution < -0.4 is 0 Å². The summed E-state index contributed by atoms with van der Waals surface area (Å²) in [6.45, 7) is 4.29. The second-order valence-electron chi connectivity index (χ2n) is 4.08. The first-order valence-corrected chi connectivity index (χ1v) is 7.60. The van der Waals surface area contributed by atoms with Crippen LogP contribution in [-0.4, -0.2) is 5.78 Å². The molecule has 0 amide bonds. The molecule has 0 spiro atoms. The van der Waals surface area contributed by atoms with Gasteiger partial charge in [-0.3, -0.25) is 4.79 Å². The average molecular weight is 303 g/mol. The lowest BCUT2D eigenvalue weighted by atomic mass is 9.93. The summed E-state index contributed by atoms with van der Waals surface area (Å²) in [4.78, 5) is 13.3. The highest BCUT2D eigenvalue weighted by molar-refractivity contribution is 9.10. The summed E-state index contributed by atoms with van der Waals surface area (Å²) in [6, 6.07) is 2.01. The Morgan fingerprint density at radius 1 is 1.50 bits per heavy atom. The molecule has 0 N–H and O–H groups in total. The van der Waals surface area contributed by atoms with Crippen LogP contribution in [0.15, 0.2) is 15.9 Å². The molecule has 1 unspecified atom stereocenters. The van der Waals surface area contributed by atoms with Gasteiger partial charge in [-0.25, -0.2) is 0 Å². The van der Waals surface area contributed by atoms with Crippen LogP contribution in [0.3, 0.4) is 0 Å². The number of hydrogen-bond donors (Lipinski definition) is 0. The summed E-state index contributed by atoms with van der Waals surface area (Å²) >= 11 is 5.14. The minimum Gasteiger partial charge on any atom is -0.299 e. The number of unbranched alkanes of at least 4 members (excludes halogenated alkanes) is 1. The number of hydrogen-bond acceptors (Lipinski definition) is 2. The Bertz CT molecular complexity index is 332. The van der Waals surface area contributed by atoms with Crippen molar-refractivity contribution in [2.45, 2.75) is 46.0 Å². The number of carbonyl (C=O) groups excluding carboxylic acids is 1. The van der Waals surface area contributed by atoms with E-state index in [-0.39, 0.29) is 5.92 Å². The number of carbonyl (C=O) groups is 1. The molecule has 0 radical (unpaired) electrons. The first-order valence-electron chi connectivity index (χ1n) is 5.93. The summed E-state index contributed by atoms with van der Waals surface area (Å²) in [5.41, 5.74) is 0. The smallest absolute Gasteiger partial charge is 0.141 e. The molecule has 1 aromatic rings. The first-order chi connectivity index (χ1) is 7.69. The lowest BCUT2D eigenvalue weighted by Crippen LogP contribution is -2.15. The first kappa shape index (κ1) is 13.9. The van der Waals surface area contributed by atoms with E-state index in [1.54, 1.807) is 11.3 Å². The van der Waals surface area contributed by atoms with Gasteiger partial charge in [0, 0.05) is 21.7 Å². The summed E-state index contributed by atoms with van der Waals surface area (Å²) < 4.78 is 1.08. The molecule has 0 aliphatic carbocycles. The van der Waals surface area contributed by atoms with E-state index in [4.69, 9.17) is 0 Å². The molecule has 16 heavy (non-hydrogen) atoms. The standard InChI is InChI=1S/C13H19BrOS/c1-3-5-6-10(4-2)12(15)9-13-11(14)7-8-16-13/h7-8,10H,3-6,9H2,1-2H3. The van der Waals surface area contributed by atoms with Crippen molar-refractivity contribution in [1.29, 1.82) is 0 Å². The highest BCUT2D eigenvalue weighted by atomic mass is 79.9. The van der Waals surface area contributed by atoms with Crippen molar-refractivity contribution in [2.24, 2.45) is 5.92 Å². The van der Waals surface area contributed by atoms with E-state index in [2.05, 4.69) is 29.8 Å². The Hall–Kier alpha value is -0.150. The molecule has 1 nitrogen and oxygen atoms in total. The number of ketones is 1. The predicted molar refractivity (Wildman–Crippen MR) is 74.0 cm³/mol. The lowest BCUT2D eigenvalue weighted by Gasteiger charge is -2.12. The predicted octanol–water partition coefficient (Wildman–Crippen LogP) is 4.84. The highest BCUT2D eigenvalue weighted by Crippen LogP contribution is 2.25. The van der Waals surface area contributed by atoms with Gasteiger partial charge in [0.2, 0.25) is 0 Å². The van der Waals surface area contributed by atoms with Crippen molar-refractivity contribution in [3.63, 3.8) is 0 Å². The van der Waals surface area contributed by atoms with Gasteiger partial charge in [0.05, 0.1) is 0 Å². The molecule has 3 heteroatoms. The number of thiophene rings is 1. The third kappa shape index (κ3) is 4.02. The van der Waals surface area contributed by atoms with Gasteiger partial charge in [-0.2, -0.15) is 0 Å². The Labute approximate surface area is 110 Å². The van der Waals surface area contributed by atoms with Crippen molar-refractivity contribution in [2.75, 3.05) is 0 Å². The molecule has 0 saturated carbocycles. The van der Waals surface area contributed by atoms with Gasteiger partial charge in [-0.15, -0.1) is 11.3 Å². The van der Waals surface area contributed by atoms with E-state index in [9.17, 15) is 4.79 Å². The Balaban J connectivity index is 2.52. The van der Waals surface area contributed by atoms with Crippen molar-refractivity contribution in [3.8, 4) is 0 Å². The Morgan fingerprint density at radius 3 is 2.75 bits per heavy atom. The van der Waals surface area contributed by atoms with E-state index in [1.807, 2.05) is 11.4 Å². The van der Waals surface area contributed by atoms with E-state index in [1.165, 1.54) is 11.3 Å². The zero-order chi connectivity index (χ0) is 12.0. The van der Waals surface area contributed by atoms with Crippen LogP contribution >= 0.6 is 27.3 Å². The van der Waals surface area contributed by atoms with Crippen molar-refractivity contribution in [1.82, 2.24) is 0 Å². The molecule has 0 aliphatic rings. The third-order valence-corrected chi connectivity index (χ3v) is 4.81. The van der Waals surface area contributed by atoms with E-state index >= 15 is 0 Å². The summed E-state index contributed by atoms with van der Waals surface area (Å²) in [6.07, 6.45) is 4.96. The molecule has 1 aromatic heterocycles. The van der Waals surface area contributed by atoms with Gasteiger partial charge < -0.3 is 0 Å². The number of Topliss-reactive ketones (excluding diaryl/α,β-unsaturated/α-hetero) is 1. The van der Waals surface area contributed by atoms with E-state index in [0.717, 1.165) is 23.7 Å². The van der Waals surface area contributed by atoms with Crippen LogP contribution in [0.4, 0.5) is 0 Å². The zero-order valence-corrected chi connectivity index (χ0v) is 12.4. The molecule has 0 saturated heterocycles. The molecule has 0 bridgehead atoms. The lowest BCUT2D eigenvalue weighted by molar-refractivity contribution is -0.122. The van der Waals surface area contributed by atoms with Crippen molar-refractivity contribution >= 4 is 33.0 Å². The summed E-state index contributed by atoms with van der Waals surface area (Å²) in [5.74, 6) is 0.660. The highest BCUT2D eigenvalue weighted by Gasteiger charge is 2.17. The number of halogens is 1. The van der Waals surface area contributed by atoms with E-state index in [0.29, 0.717) is 12.2 Å². The van der Waals surface area contributed by atoms with Crippen LogP contribution in [0.2, 0.25) is 0 Å². The Morgan fingerprint density at radius 2 is 2.25 bits per heavy atom. The topological polar surface area (TPSA) is 17.1 Å². The number of rotatable bonds is 7. The Kier molecular flexibility index (Phi) is 6.29. The van der Waals surface area contributed by atoms with Gasteiger partial charge in [0.15, 0.2) is 0 Å². The second kappa shape index (κ2) is 7.23. The van der Waals surface area contributed by atoms with Crippen LogP contribution in [0.5, 0.6) is 0 Å². The molecule has 0 fully saturated rings. The molecular formula is C13H19BrOS. The fourth-order valence-corrected chi connectivity index (χ4v) is 3.30. The van der Waals surface area contributed by atoms with Gasteiger partial charge in [-0.05, 0) is 40.2 Å². The minimum absolute atomic E-state index is 0.258. The molecule has 90 valence electrons. The molecule has 1 heterocycles. The monoisotopic (exact) mass is 302 g/mol. The molecule has 1 atom stereocenters. The zero-order valence-electron chi connectivity index (χ0n) is 9.96. The second-order valence-corrected chi connectivity index (χ2v) is 5.94. The van der Waals surface area contributed by atoms with Crippen molar-refractivity contribution < 1.29 is 4.79 Å². The maximum atomic E-state index is 12.1. The summed E-state index contributed by atoms with van der Waals surface area (Å²) in [7, 11) is 0. The van der Waals surface area contributed by atoms with Gasteiger partial charge in [-0.1, -0.05) is 26.7 Å². The summed E-state index contributed by atoms with van der Waals surface area (Å²) in [5, 5.41) is 2.03. The van der Waals surface area contributed by atoms with Crippen LogP contribution in [-0.2, 0) is 11.2 Å².